The van der Waals surface area contributed by atoms with Gasteiger partial charge in [-0.2, -0.15) is 0 Å². The molecule has 5 heterocycles. The van der Waals surface area contributed by atoms with Gasteiger partial charge in [0.05, 0.1) is 18.7 Å². The third-order valence-corrected chi connectivity index (χ3v) is 6.11. The second-order valence-electron chi connectivity index (χ2n) is 8.14. The van der Waals surface area contributed by atoms with E-state index in [1.54, 1.807) is 0 Å². The molecule has 1 N–H and O–H groups in total. The van der Waals surface area contributed by atoms with Crippen LogP contribution < -0.4 is 15.1 Å². The first kappa shape index (κ1) is 19.9. The van der Waals surface area contributed by atoms with E-state index in [0.29, 0.717) is 11.7 Å². The lowest BCUT2D eigenvalue weighted by Gasteiger charge is -2.35. The average molecular weight is 423 g/mol. The molecule has 0 amide bonds. The fourth-order valence-corrected chi connectivity index (χ4v) is 4.34. The van der Waals surface area contributed by atoms with Gasteiger partial charge in [-0.05, 0) is 37.0 Å². The molecule has 0 saturated carbocycles. The molecule has 0 spiro atoms. The Morgan fingerprint density at radius 2 is 1.84 bits per heavy atom. The van der Waals surface area contributed by atoms with Crippen molar-refractivity contribution >= 4 is 28.4 Å². The molecule has 5 rings (SSSR count). The van der Waals surface area contributed by atoms with E-state index >= 15 is 0 Å². The molecule has 0 aliphatic carbocycles. The lowest BCUT2D eigenvalue weighted by Crippen LogP contribution is -2.38. The Labute approximate surface area is 181 Å². The van der Waals surface area contributed by atoms with Crippen LogP contribution in [0, 0.1) is 11.7 Å². The molecule has 0 bridgehead atoms. The van der Waals surface area contributed by atoms with Gasteiger partial charge in [-0.3, -0.25) is 4.98 Å². The molecule has 2 aliphatic heterocycles. The van der Waals surface area contributed by atoms with Crippen molar-refractivity contribution in [1.82, 2.24) is 15.0 Å². The molecule has 31 heavy (non-hydrogen) atoms. The zero-order valence-electron chi connectivity index (χ0n) is 17.5. The molecule has 2 saturated heterocycles. The van der Waals surface area contributed by atoms with E-state index in [9.17, 15) is 4.39 Å². The summed E-state index contributed by atoms with van der Waals surface area (Å²) in [6.07, 6.45) is 5.43. The maximum absolute atomic E-state index is 13.4. The van der Waals surface area contributed by atoms with Crippen LogP contribution in [0.5, 0.6) is 0 Å². The van der Waals surface area contributed by atoms with Crippen LogP contribution in [0.25, 0.3) is 10.9 Å². The van der Waals surface area contributed by atoms with Gasteiger partial charge in [0.2, 0.25) is 0 Å². The molecule has 0 unspecified atom stereocenters. The second-order valence-corrected chi connectivity index (χ2v) is 8.14. The number of nitrogens with zero attached hydrogens (tertiary/aromatic N) is 5. The van der Waals surface area contributed by atoms with Gasteiger partial charge in [-0.1, -0.05) is 0 Å². The molecule has 2 aliphatic rings. The van der Waals surface area contributed by atoms with Crippen molar-refractivity contribution in [1.29, 1.82) is 0 Å². The molecular weight excluding hydrogens is 395 g/mol. The fourth-order valence-electron chi connectivity index (χ4n) is 4.34. The standard InChI is InChI=1S/C23H27FN6O/c24-18-3-7-26-21(14-18)27-16-17-4-8-30(9-5-17)23-19-2-1-6-25-20(19)15-22(28-23)29-10-12-31-13-11-29/h1-3,6-7,14-15,17H,4-5,8-13,16H2,(H,26,27). The molecule has 3 aromatic rings. The van der Waals surface area contributed by atoms with Crippen LogP contribution in [0.2, 0.25) is 0 Å². The predicted octanol–water partition coefficient (Wildman–Crippen LogP) is 3.33. The van der Waals surface area contributed by atoms with Crippen LogP contribution in [-0.4, -0.2) is 60.9 Å². The Morgan fingerprint density at radius 3 is 2.65 bits per heavy atom. The molecule has 162 valence electrons. The molecule has 7 nitrogen and oxygen atoms in total. The first-order chi connectivity index (χ1) is 15.3. The fraction of sp³-hybridized carbons (Fsp3) is 0.435. The van der Waals surface area contributed by atoms with Crippen molar-refractivity contribution in [2.45, 2.75) is 12.8 Å². The van der Waals surface area contributed by atoms with Crippen LogP contribution in [0.3, 0.4) is 0 Å². The van der Waals surface area contributed by atoms with Gasteiger partial charge >= 0.3 is 0 Å². The van der Waals surface area contributed by atoms with Crippen LogP contribution in [0.4, 0.5) is 21.8 Å². The normalized spacial score (nSPS) is 17.8. The SMILES string of the molecule is Fc1ccnc(NCC2CCN(c3nc(N4CCOCC4)cc4ncccc34)CC2)c1. The zero-order chi connectivity index (χ0) is 21.0. The van der Waals surface area contributed by atoms with E-state index in [2.05, 4.69) is 37.2 Å². The number of hydrogen-bond acceptors (Lipinski definition) is 7. The van der Waals surface area contributed by atoms with E-state index < -0.39 is 0 Å². The Balaban J connectivity index is 1.29. The van der Waals surface area contributed by atoms with Crippen molar-refractivity contribution in [3.63, 3.8) is 0 Å². The Morgan fingerprint density at radius 1 is 1.00 bits per heavy atom. The Bertz CT molecular complexity index is 1030. The number of aromatic nitrogens is 3. The Kier molecular flexibility index (Phi) is 5.80. The largest absolute Gasteiger partial charge is 0.378 e. The number of rotatable bonds is 5. The summed E-state index contributed by atoms with van der Waals surface area (Å²) in [7, 11) is 0. The summed E-state index contributed by atoms with van der Waals surface area (Å²) >= 11 is 0. The van der Waals surface area contributed by atoms with E-state index in [4.69, 9.17) is 9.72 Å². The molecule has 0 atom stereocenters. The quantitative estimate of drug-likeness (QED) is 0.677. The number of pyridine rings is 3. The lowest BCUT2D eigenvalue weighted by atomic mass is 9.96. The summed E-state index contributed by atoms with van der Waals surface area (Å²) in [6.45, 7) is 5.84. The van der Waals surface area contributed by atoms with Crippen molar-refractivity contribution in [3.8, 4) is 0 Å². The van der Waals surface area contributed by atoms with Crippen LogP contribution >= 0.6 is 0 Å². The summed E-state index contributed by atoms with van der Waals surface area (Å²) in [4.78, 5) is 18.5. The van der Waals surface area contributed by atoms with Crippen molar-refractivity contribution in [2.75, 3.05) is 61.1 Å². The molecular formula is C23H27FN6O. The van der Waals surface area contributed by atoms with Gasteiger partial charge in [0.15, 0.2) is 0 Å². The average Bonchev–Trinajstić information content (AvgIpc) is 2.83. The minimum Gasteiger partial charge on any atom is -0.378 e. The number of halogens is 1. The van der Waals surface area contributed by atoms with E-state index in [1.807, 2.05) is 12.3 Å². The van der Waals surface area contributed by atoms with Gasteiger partial charge in [0.1, 0.15) is 23.3 Å². The van der Waals surface area contributed by atoms with E-state index in [1.165, 1.54) is 18.3 Å². The third-order valence-electron chi connectivity index (χ3n) is 6.11. The maximum Gasteiger partial charge on any atom is 0.140 e. The maximum atomic E-state index is 13.4. The van der Waals surface area contributed by atoms with Crippen LogP contribution in [0.1, 0.15) is 12.8 Å². The monoisotopic (exact) mass is 422 g/mol. The van der Waals surface area contributed by atoms with Crippen LogP contribution in [0.15, 0.2) is 42.7 Å². The highest BCUT2D eigenvalue weighted by Gasteiger charge is 2.23. The van der Waals surface area contributed by atoms with Gasteiger partial charge in [-0.25, -0.2) is 14.4 Å². The summed E-state index contributed by atoms with van der Waals surface area (Å²) in [5.41, 5.74) is 0.981. The zero-order valence-corrected chi connectivity index (χ0v) is 17.5. The molecule has 8 heteroatoms. The number of nitrogens with one attached hydrogen (secondary N) is 1. The molecule has 2 fully saturated rings. The summed E-state index contributed by atoms with van der Waals surface area (Å²) < 4.78 is 18.9. The van der Waals surface area contributed by atoms with Crippen molar-refractivity contribution in [3.05, 3.63) is 48.5 Å². The number of anilines is 3. The minimum atomic E-state index is -0.265. The summed E-state index contributed by atoms with van der Waals surface area (Å²) in [5, 5.41) is 4.38. The topological polar surface area (TPSA) is 66.4 Å². The van der Waals surface area contributed by atoms with Gasteiger partial charge in [-0.15, -0.1) is 0 Å². The smallest absolute Gasteiger partial charge is 0.140 e. The van der Waals surface area contributed by atoms with Crippen LogP contribution in [-0.2, 0) is 4.74 Å². The number of fused-ring (bicyclic) bond motifs is 1. The lowest BCUT2D eigenvalue weighted by molar-refractivity contribution is 0.122. The molecule has 3 aromatic heterocycles. The highest BCUT2D eigenvalue weighted by atomic mass is 19.1. The second kappa shape index (κ2) is 9.01. The number of ether oxygens (including phenoxy) is 1. The van der Waals surface area contributed by atoms with E-state index in [0.717, 1.165) is 81.3 Å². The van der Waals surface area contributed by atoms with Crippen molar-refractivity contribution < 1.29 is 9.13 Å². The summed E-state index contributed by atoms with van der Waals surface area (Å²) in [6, 6.07) is 8.98. The highest BCUT2D eigenvalue weighted by molar-refractivity contribution is 5.91. The Hall–Kier alpha value is -3.00. The summed E-state index contributed by atoms with van der Waals surface area (Å²) in [5.74, 6) is 2.85. The van der Waals surface area contributed by atoms with Gasteiger partial charge in [0.25, 0.3) is 0 Å². The van der Waals surface area contributed by atoms with Gasteiger partial charge in [0, 0.05) is 62.6 Å². The van der Waals surface area contributed by atoms with E-state index in [-0.39, 0.29) is 5.82 Å². The molecule has 0 radical (unpaired) electrons. The highest BCUT2D eigenvalue weighted by Crippen LogP contribution is 2.31. The minimum absolute atomic E-state index is 0.265. The number of hydrogen-bond donors (Lipinski definition) is 1. The number of piperidine rings is 1. The first-order valence-electron chi connectivity index (χ1n) is 10.9. The third kappa shape index (κ3) is 4.54. The molecule has 0 aromatic carbocycles. The van der Waals surface area contributed by atoms with Crippen molar-refractivity contribution in [2.24, 2.45) is 5.92 Å². The predicted molar refractivity (Wildman–Crippen MR) is 120 cm³/mol. The van der Waals surface area contributed by atoms with Gasteiger partial charge < -0.3 is 19.9 Å². The first-order valence-corrected chi connectivity index (χ1v) is 10.9. The number of morpholine rings is 1.